The van der Waals surface area contributed by atoms with Crippen LogP contribution in [0.3, 0.4) is 0 Å². The first-order valence-corrected chi connectivity index (χ1v) is 8.86. The highest BCUT2D eigenvalue weighted by Crippen LogP contribution is 2.21. The van der Waals surface area contributed by atoms with Gasteiger partial charge in [0.15, 0.2) is 0 Å². The number of nitrogens with one attached hydrogen (secondary N) is 2. The maximum Gasteiger partial charge on any atom is 0.240 e. The van der Waals surface area contributed by atoms with Gasteiger partial charge in [-0.2, -0.15) is 0 Å². The Morgan fingerprint density at radius 1 is 1.00 bits per heavy atom. The van der Waals surface area contributed by atoms with E-state index in [1.807, 2.05) is 65.4 Å². The van der Waals surface area contributed by atoms with Crippen LogP contribution >= 0.6 is 0 Å². The molecule has 3 rings (SSSR count). The fraction of sp³-hybridized carbons (Fsp3) is 0.238. The molecule has 0 aliphatic heterocycles. The predicted octanol–water partition coefficient (Wildman–Crippen LogP) is 2.12. The van der Waals surface area contributed by atoms with E-state index < -0.39 is 0 Å². The van der Waals surface area contributed by atoms with Gasteiger partial charge in [-0.3, -0.25) is 9.59 Å². The third-order valence-corrected chi connectivity index (χ3v) is 4.32. The fourth-order valence-corrected chi connectivity index (χ4v) is 2.89. The van der Waals surface area contributed by atoms with Gasteiger partial charge in [-0.15, -0.1) is 0 Å². The third kappa shape index (κ3) is 5.10. The highest BCUT2D eigenvalue weighted by Gasteiger charge is 2.09. The molecule has 6 heteroatoms. The van der Waals surface area contributed by atoms with Crippen LogP contribution in [0.4, 0.5) is 0 Å². The molecule has 0 saturated carbocycles. The summed E-state index contributed by atoms with van der Waals surface area (Å²) in [4.78, 5) is 24.0. The van der Waals surface area contributed by atoms with Crippen LogP contribution in [0.15, 0.2) is 60.8 Å². The number of fused-ring (bicyclic) bond motifs is 1. The molecule has 0 radical (unpaired) electrons. The monoisotopic (exact) mass is 365 g/mol. The lowest BCUT2D eigenvalue weighted by atomic mass is 10.1. The number of carbonyl (C=O) groups is 2. The van der Waals surface area contributed by atoms with Crippen LogP contribution in [0.5, 0.6) is 5.75 Å². The highest BCUT2D eigenvalue weighted by atomic mass is 16.5. The van der Waals surface area contributed by atoms with Gasteiger partial charge in [-0.1, -0.05) is 30.3 Å². The smallest absolute Gasteiger partial charge is 0.240 e. The quantitative estimate of drug-likeness (QED) is 0.642. The Kier molecular flexibility index (Phi) is 6.10. The van der Waals surface area contributed by atoms with Gasteiger partial charge in [0, 0.05) is 23.6 Å². The molecular formula is C21H23N3O3. The normalized spacial score (nSPS) is 10.6. The molecule has 140 valence electrons. The first-order valence-electron chi connectivity index (χ1n) is 8.86. The van der Waals surface area contributed by atoms with Crippen molar-refractivity contribution in [1.82, 2.24) is 15.2 Å². The van der Waals surface area contributed by atoms with E-state index in [4.69, 9.17) is 4.74 Å². The molecule has 3 aromatic rings. The van der Waals surface area contributed by atoms with Crippen molar-refractivity contribution in [3.8, 4) is 5.75 Å². The zero-order chi connectivity index (χ0) is 19.1. The molecule has 0 aliphatic rings. The lowest BCUT2D eigenvalue weighted by Gasteiger charge is -2.09. The number of nitrogens with zero attached hydrogens (tertiary/aromatic N) is 1. The van der Waals surface area contributed by atoms with Crippen LogP contribution in [0.1, 0.15) is 5.56 Å². The second kappa shape index (κ2) is 8.89. The highest BCUT2D eigenvalue weighted by molar-refractivity contribution is 5.87. The lowest BCUT2D eigenvalue weighted by Crippen LogP contribution is -2.38. The Bertz CT molecular complexity index is 919. The molecule has 0 unspecified atom stereocenters. The van der Waals surface area contributed by atoms with Crippen LogP contribution in [0.25, 0.3) is 10.9 Å². The number of hydrogen-bond donors (Lipinski definition) is 2. The van der Waals surface area contributed by atoms with Crippen molar-refractivity contribution in [2.24, 2.45) is 0 Å². The van der Waals surface area contributed by atoms with E-state index in [0.717, 1.165) is 28.6 Å². The second-order valence-electron chi connectivity index (χ2n) is 6.23. The summed E-state index contributed by atoms with van der Waals surface area (Å²) in [5, 5.41) is 6.47. The number of methoxy groups -OCH3 is 1. The zero-order valence-corrected chi connectivity index (χ0v) is 15.3. The minimum absolute atomic E-state index is 0.0271. The number of amides is 2. The van der Waals surface area contributed by atoms with Crippen LogP contribution in [-0.4, -0.2) is 36.6 Å². The SMILES string of the molecule is COc1ccc2c(ccn2CC(=O)NCC(=O)NCCc2ccccc2)c1. The van der Waals surface area contributed by atoms with Crippen molar-refractivity contribution in [2.45, 2.75) is 13.0 Å². The van der Waals surface area contributed by atoms with Crippen molar-refractivity contribution >= 4 is 22.7 Å². The number of hydrogen-bond acceptors (Lipinski definition) is 3. The molecule has 0 aliphatic carbocycles. The van der Waals surface area contributed by atoms with Gasteiger partial charge in [0.1, 0.15) is 12.3 Å². The number of aromatic nitrogens is 1. The summed E-state index contributed by atoms with van der Waals surface area (Å²) < 4.78 is 7.05. The fourth-order valence-electron chi connectivity index (χ4n) is 2.89. The summed E-state index contributed by atoms with van der Waals surface area (Å²) in [6.07, 6.45) is 2.61. The van der Waals surface area contributed by atoms with Gasteiger partial charge in [0.2, 0.25) is 11.8 Å². The Morgan fingerprint density at radius 3 is 2.59 bits per heavy atom. The summed E-state index contributed by atoms with van der Waals surface area (Å²) in [6.45, 7) is 0.677. The standard InChI is InChI=1S/C21H23N3O3/c1-27-18-7-8-19-17(13-18)10-12-24(19)15-21(26)23-14-20(25)22-11-9-16-5-3-2-4-6-16/h2-8,10,12-13H,9,11,14-15H2,1H3,(H,22,25)(H,23,26). The van der Waals surface area contributed by atoms with Gasteiger partial charge in [-0.05, 0) is 36.2 Å². The maximum absolute atomic E-state index is 12.1. The first kappa shape index (κ1) is 18.5. The average molecular weight is 365 g/mol. The van der Waals surface area contributed by atoms with E-state index in [2.05, 4.69) is 10.6 Å². The molecule has 1 aromatic heterocycles. The van der Waals surface area contributed by atoms with E-state index in [9.17, 15) is 9.59 Å². The molecule has 0 saturated heterocycles. The summed E-state index contributed by atoms with van der Waals surface area (Å²) >= 11 is 0. The molecule has 1 heterocycles. The molecule has 0 atom stereocenters. The summed E-state index contributed by atoms with van der Waals surface area (Å²) in [6, 6.07) is 17.6. The molecule has 27 heavy (non-hydrogen) atoms. The lowest BCUT2D eigenvalue weighted by molar-refractivity contribution is -0.126. The van der Waals surface area contributed by atoms with Gasteiger partial charge in [0.05, 0.1) is 13.7 Å². The van der Waals surface area contributed by atoms with E-state index in [0.29, 0.717) is 6.54 Å². The largest absolute Gasteiger partial charge is 0.497 e. The van der Waals surface area contributed by atoms with Crippen LogP contribution in [0.2, 0.25) is 0 Å². The van der Waals surface area contributed by atoms with E-state index in [1.54, 1.807) is 7.11 Å². The molecular weight excluding hydrogens is 342 g/mol. The Balaban J connectivity index is 1.43. The van der Waals surface area contributed by atoms with Gasteiger partial charge >= 0.3 is 0 Å². The van der Waals surface area contributed by atoms with Crippen molar-refractivity contribution in [2.75, 3.05) is 20.2 Å². The van der Waals surface area contributed by atoms with Crippen molar-refractivity contribution in [3.63, 3.8) is 0 Å². The van der Waals surface area contributed by atoms with E-state index in [-0.39, 0.29) is 24.9 Å². The van der Waals surface area contributed by atoms with Gasteiger partial charge in [0.25, 0.3) is 0 Å². The van der Waals surface area contributed by atoms with Crippen LogP contribution in [-0.2, 0) is 22.6 Å². The third-order valence-electron chi connectivity index (χ3n) is 4.32. The van der Waals surface area contributed by atoms with Gasteiger partial charge < -0.3 is 19.9 Å². The Labute approximate surface area is 158 Å². The average Bonchev–Trinajstić information content (AvgIpc) is 3.09. The molecule has 2 aromatic carbocycles. The zero-order valence-electron chi connectivity index (χ0n) is 15.3. The molecule has 0 bridgehead atoms. The molecule has 0 fully saturated rings. The predicted molar refractivity (Wildman–Crippen MR) is 105 cm³/mol. The maximum atomic E-state index is 12.1. The number of rotatable bonds is 8. The van der Waals surface area contributed by atoms with Crippen molar-refractivity contribution < 1.29 is 14.3 Å². The van der Waals surface area contributed by atoms with Crippen LogP contribution in [0, 0.1) is 0 Å². The summed E-state index contributed by atoms with van der Waals surface area (Å²) in [7, 11) is 1.62. The summed E-state index contributed by atoms with van der Waals surface area (Å²) in [5.74, 6) is 0.375. The minimum atomic E-state index is -0.207. The molecule has 6 nitrogen and oxygen atoms in total. The van der Waals surface area contributed by atoms with Crippen LogP contribution < -0.4 is 15.4 Å². The molecule has 2 N–H and O–H groups in total. The van der Waals surface area contributed by atoms with Crippen molar-refractivity contribution in [3.05, 3.63) is 66.4 Å². The number of carbonyl (C=O) groups excluding carboxylic acids is 2. The first-order chi connectivity index (χ1) is 13.2. The number of benzene rings is 2. The molecule has 0 spiro atoms. The topological polar surface area (TPSA) is 72.4 Å². The Morgan fingerprint density at radius 2 is 1.81 bits per heavy atom. The Hall–Kier alpha value is -3.28. The summed E-state index contributed by atoms with van der Waals surface area (Å²) in [5.41, 5.74) is 2.11. The number of ether oxygens (including phenoxy) is 1. The van der Waals surface area contributed by atoms with E-state index in [1.165, 1.54) is 0 Å². The molecule has 2 amide bonds. The van der Waals surface area contributed by atoms with Gasteiger partial charge in [-0.25, -0.2) is 0 Å². The van der Waals surface area contributed by atoms with E-state index >= 15 is 0 Å². The minimum Gasteiger partial charge on any atom is -0.497 e. The van der Waals surface area contributed by atoms with Crippen molar-refractivity contribution in [1.29, 1.82) is 0 Å². The second-order valence-corrected chi connectivity index (χ2v) is 6.23.